The van der Waals surface area contributed by atoms with Gasteiger partial charge in [0.25, 0.3) is 0 Å². The molecule has 0 aromatic heterocycles. The maximum atomic E-state index is 6.42. The van der Waals surface area contributed by atoms with Gasteiger partial charge in [-0.3, -0.25) is 0 Å². The summed E-state index contributed by atoms with van der Waals surface area (Å²) < 4.78 is 17.0. The second-order valence-electron chi connectivity index (χ2n) is 6.80. The molecule has 2 aliphatic rings. The first-order valence-electron chi connectivity index (χ1n) is 8.69. The Morgan fingerprint density at radius 3 is 2.75 bits per heavy atom. The second-order valence-corrected chi connectivity index (χ2v) is 7.21. The van der Waals surface area contributed by atoms with Crippen molar-refractivity contribution >= 4 is 17.3 Å². The number of nitrogens with one attached hydrogen (secondary N) is 1. The maximum Gasteiger partial charge on any atom is 0.141 e. The molecule has 0 radical (unpaired) electrons. The van der Waals surface area contributed by atoms with Crippen LogP contribution in [0.15, 0.2) is 18.2 Å². The molecule has 1 heterocycles. The predicted molar refractivity (Wildman–Crippen MR) is 96.8 cm³/mol. The smallest absolute Gasteiger partial charge is 0.141 e. The first-order chi connectivity index (χ1) is 11.6. The van der Waals surface area contributed by atoms with E-state index >= 15 is 0 Å². The molecule has 1 saturated carbocycles. The van der Waals surface area contributed by atoms with E-state index in [4.69, 9.17) is 25.8 Å². The van der Waals surface area contributed by atoms with E-state index in [0.29, 0.717) is 35.9 Å². The standard InChI is InChI=1S/C19H26ClNO3/c1-12(2)17-10-16(21-13-5-6-13)14-9-15(20)19(11-18(14)24-17)23-8-4-7-22-3/h9-13,17,21H,4-8H2,1-3H3. The lowest BCUT2D eigenvalue weighted by atomic mass is 9.99. The molecule has 1 N–H and O–H groups in total. The van der Waals surface area contributed by atoms with Crippen molar-refractivity contribution in [1.29, 1.82) is 0 Å². The summed E-state index contributed by atoms with van der Waals surface area (Å²) in [4.78, 5) is 0. The van der Waals surface area contributed by atoms with Crippen LogP contribution in [0.1, 0.15) is 38.7 Å². The highest BCUT2D eigenvalue weighted by atomic mass is 35.5. The van der Waals surface area contributed by atoms with Crippen LogP contribution in [0.4, 0.5) is 0 Å². The first-order valence-corrected chi connectivity index (χ1v) is 9.07. The van der Waals surface area contributed by atoms with Gasteiger partial charge in [-0.25, -0.2) is 0 Å². The van der Waals surface area contributed by atoms with Crippen LogP contribution < -0.4 is 14.8 Å². The predicted octanol–water partition coefficient (Wildman–Crippen LogP) is 4.27. The Hall–Kier alpha value is -1.39. The molecular weight excluding hydrogens is 326 g/mol. The summed E-state index contributed by atoms with van der Waals surface area (Å²) >= 11 is 6.42. The van der Waals surface area contributed by atoms with Gasteiger partial charge in [-0.1, -0.05) is 25.4 Å². The molecule has 0 amide bonds. The molecule has 1 fully saturated rings. The Bertz CT molecular complexity index is 611. The molecule has 24 heavy (non-hydrogen) atoms. The lowest BCUT2D eigenvalue weighted by Crippen LogP contribution is -2.28. The number of benzene rings is 1. The molecule has 5 heteroatoms. The van der Waals surface area contributed by atoms with Crippen molar-refractivity contribution in [2.75, 3.05) is 20.3 Å². The minimum atomic E-state index is 0.0567. The number of halogens is 1. The lowest BCUT2D eigenvalue weighted by molar-refractivity contribution is 0.171. The molecule has 1 atom stereocenters. The van der Waals surface area contributed by atoms with Crippen LogP contribution in [0.25, 0.3) is 5.70 Å². The van der Waals surface area contributed by atoms with Crippen molar-refractivity contribution in [2.24, 2.45) is 5.92 Å². The Balaban J connectivity index is 1.81. The van der Waals surface area contributed by atoms with E-state index in [1.54, 1.807) is 7.11 Å². The Morgan fingerprint density at radius 1 is 1.29 bits per heavy atom. The third-order valence-electron chi connectivity index (χ3n) is 4.26. The summed E-state index contributed by atoms with van der Waals surface area (Å²) in [6.45, 7) is 5.58. The summed E-state index contributed by atoms with van der Waals surface area (Å²) in [5.41, 5.74) is 2.15. The number of hydrogen-bond acceptors (Lipinski definition) is 4. The third kappa shape index (κ3) is 4.17. The highest BCUT2D eigenvalue weighted by molar-refractivity contribution is 6.32. The lowest BCUT2D eigenvalue weighted by Gasteiger charge is -2.29. The SMILES string of the molecule is COCCCOc1cc2c(cc1Cl)C(NC1CC1)=CC(C(C)C)O2. The monoisotopic (exact) mass is 351 g/mol. The molecule has 0 spiro atoms. The summed E-state index contributed by atoms with van der Waals surface area (Å²) in [6, 6.07) is 4.45. The van der Waals surface area contributed by atoms with Crippen molar-refractivity contribution in [3.63, 3.8) is 0 Å². The maximum absolute atomic E-state index is 6.42. The number of methoxy groups -OCH3 is 1. The molecule has 1 aromatic rings. The van der Waals surface area contributed by atoms with Gasteiger partial charge >= 0.3 is 0 Å². The van der Waals surface area contributed by atoms with Crippen molar-refractivity contribution in [3.05, 3.63) is 28.8 Å². The Kier molecular flexibility index (Phi) is 5.57. The quantitative estimate of drug-likeness (QED) is 0.710. The summed E-state index contributed by atoms with van der Waals surface area (Å²) in [5.74, 6) is 1.91. The highest BCUT2D eigenvalue weighted by Gasteiger charge is 2.29. The van der Waals surface area contributed by atoms with Gasteiger partial charge in [-0.15, -0.1) is 0 Å². The largest absolute Gasteiger partial charge is 0.492 e. The van der Waals surface area contributed by atoms with Crippen LogP contribution in [0.3, 0.4) is 0 Å². The minimum absolute atomic E-state index is 0.0567. The van der Waals surface area contributed by atoms with E-state index in [1.165, 1.54) is 12.8 Å². The van der Waals surface area contributed by atoms with E-state index in [1.807, 2.05) is 12.1 Å². The summed E-state index contributed by atoms with van der Waals surface area (Å²) in [6.07, 6.45) is 5.53. The number of rotatable bonds is 8. The molecule has 3 rings (SSSR count). The summed E-state index contributed by atoms with van der Waals surface area (Å²) in [7, 11) is 1.69. The van der Waals surface area contributed by atoms with Gasteiger partial charge in [0.2, 0.25) is 0 Å². The highest BCUT2D eigenvalue weighted by Crippen LogP contribution is 2.40. The van der Waals surface area contributed by atoms with Crippen LogP contribution in [-0.2, 0) is 4.74 Å². The third-order valence-corrected chi connectivity index (χ3v) is 4.56. The minimum Gasteiger partial charge on any atom is -0.492 e. The topological polar surface area (TPSA) is 39.7 Å². The molecule has 132 valence electrons. The fourth-order valence-electron chi connectivity index (χ4n) is 2.68. The van der Waals surface area contributed by atoms with Gasteiger partial charge in [-0.2, -0.15) is 0 Å². The molecule has 1 unspecified atom stereocenters. The van der Waals surface area contributed by atoms with Crippen LogP contribution in [0, 0.1) is 5.92 Å². The molecule has 0 bridgehead atoms. The van der Waals surface area contributed by atoms with E-state index in [9.17, 15) is 0 Å². The zero-order valence-corrected chi connectivity index (χ0v) is 15.4. The van der Waals surface area contributed by atoms with Crippen molar-refractivity contribution in [3.8, 4) is 11.5 Å². The van der Waals surface area contributed by atoms with E-state index in [2.05, 4.69) is 25.2 Å². The Labute approximate surface area is 149 Å². The van der Waals surface area contributed by atoms with Crippen LogP contribution >= 0.6 is 11.6 Å². The van der Waals surface area contributed by atoms with Crippen LogP contribution in [-0.4, -0.2) is 32.5 Å². The van der Waals surface area contributed by atoms with Gasteiger partial charge in [0.1, 0.15) is 17.6 Å². The van der Waals surface area contributed by atoms with Gasteiger partial charge in [0.15, 0.2) is 0 Å². The molecule has 1 aliphatic carbocycles. The van der Waals surface area contributed by atoms with Crippen molar-refractivity contribution in [1.82, 2.24) is 5.32 Å². The van der Waals surface area contributed by atoms with Gasteiger partial charge < -0.3 is 19.5 Å². The van der Waals surface area contributed by atoms with Gasteiger partial charge in [0.05, 0.1) is 11.6 Å². The number of ether oxygens (including phenoxy) is 3. The molecular formula is C19H26ClNO3. The number of hydrogen-bond donors (Lipinski definition) is 1. The second kappa shape index (κ2) is 7.66. The molecule has 4 nitrogen and oxygen atoms in total. The molecule has 1 aromatic carbocycles. The summed E-state index contributed by atoms with van der Waals surface area (Å²) in [5, 5.41) is 4.22. The normalized spacial score (nSPS) is 19.5. The average molecular weight is 352 g/mol. The Morgan fingerprint density at radius 2 is 2.08 bits per heavy atom. The van der Waals surface area contributed by atoms with Crippen LogP contribution in [0.5, 0.6) is 11.5 Å². The van der Waals surface area contributed by atoms with Crippen molar-refractivity contribution < 1.29 is 14.2 Å². The zero-order valence-electron chi connectivity index (χ0n) is 14.6. The molecule has 1 aliphatic heterocycles. The zero-order chi connectivity index (χ0) is 17.1. The van der Waals surface area contributed by atoms with E-state index in [-0.39, 0.29) is 6.10 Å². The van der Waals surface area contributed by atoms with E-state index in [0.717, 1.165) is 23.4 Å². The van der Waals surface area contributed by atoms with E-state index < -0.39 is 0 Å². The van der Waals surface area contributed by atoms with Crippen molar-refractivity contribution in [2.45, 2.75) is 45.3 Å². The molecule has 0 saturated heterocycles. The average Bonchev–Trinajstić information content (AvgIpc) is 3.36. The van der Waals surface area contributed by atoms with Gasteiger partial charge in [0, 0.05) is 43.5 Å². The van der Waals surface area contributed by atoms with Gasteiger partial charge in [-0.05, 0) is 30.9 Å². The first kappa shape index (κ1) is 17.4. The fraction of sp³-hybridized carbons (Fsp3) is 0.579. The fourth-order valence-corrected chi connectivity index (χ4v) is 2.89. The van der Waals surface area contributed by atoms with Crippen LogP contribution in [0.2, 0.25) is 5.02 Å². The number of fused-ring (bicyclic) bond motifs is 1.